The number of carboxylic acid groups (broad SMARTS) is 1. The first-order valence-electron chi connectivity index (χ1n) is 1.55. The van der Waals surface area contributed by atoms with Gasteiger partial charge in [-0.3, -0.25) is 0 Å². The van der Waals surface area contributed by atoms with Gasteiger partial charge in [0.15, 0.2) is 14.2 Å². The summed E-state index contributed by atoms with van der Waals surface area (Å²) in [6, 6.07) is 0. The van der Waals surface area contributed by atoms with E-state index in [4.69, 9.17) is 10.2 Å². The molecule has 2 radical (unpaired) electrons. The number of hydrogen-bond donors (Lipinski definition) is 3. The summed E-state index contributed by atoms with van der Waals surface area (Å²) in [4.78, 5) is 9.54. The van der Waals surface area contributed by atoms with Gasteiger partial charge >= 0.3 is 5.97 Å². The fourth-order valence-corrected chi connectivity index (χ4v) is 0.0713. The molecule has 0 saturated carbocycles. The highest BCUT2D eigenvalue weighted by molar-refractivity contribution is 6.05. The molecule has 0 rings (SSSR count). The van der Waals surface area contributed by atoms with E-state index in [-0.39, 0.29) is 0 Å². The van der Waals surface area contributed by atoms with Crippen molar-refractivity contribution in [3.05, 3.63) is 0 Å². The van der Waals surface area contributed by atoms with Crippen LogP contribution in [0, 0.1) is 0 Å². The van der Waals surface area contributed by atoms with Crippen molar-refractivity contribution in [2.45, 2.75) is 6.23 Å². The van der Waals surface area contributed by atoms with Gasteiger partial charge in [-0.2, -0.15) is 0 Å². The summed E-state index contributed by atoms with van der Waals surface area (Å²) in [6.07, 6.45) is -1.65. The van der Waals surface area contributed by atoms with Crippen LogP contribution >= 0.6 is 0 Å². The Kier molecular flexibility index (Phi) is 2.40. The standard InChI is InChI=1S/C2H4BNO3/c3-4-1(5)2(6)7/h1,4-5H,(H,6,7). The fraction of sp³-hybridized carbons (Fsp3) is 0.500. The first kappa shape index (κ1) is 6.45. The molecule has 1 atom stereocenters. The fourth-order valence-electron chi connectivity index (χ4n) is 0.0713. The molecule has 7 heavy (non-hydrogen) atoms. The molecule has 0 aliphatic heterocycles. The molecule has 3 N–H and O–H groups in total. The van der Waals surface area contributed by atoms with Crippen LogP contribution in [0.1, 0.15) is 0 Å². The molecule has 0 spiro atoms. The van der Waals surface area contributed by atoms with E-state index in [2.05, 4.69) is 7.98 Å². The van der Waals surface area contributed by atoms with E-state index in [1.807, 2.05) is 0 Å². The Morgan fingerprint density at radius 2 is 2.29 bits per heavy atom. The summed E-state index contributed by atoms with van der Waals surface area (Å²) in [5.74, 6) is -1.39. The molecule has 0 aromatic carbocycles. The van der Waals surface area contributed by atoms with E-state index >= 15 is 0 Å². The van der Waals surface area contributed by atoms with Crippen LogP contribution < -0.4 is 5.23 Å². The lowest BCUT2D eigenvalue weighted by molar-refractivity contribution is -0.147. The molecular formula is C2H4BNO3. The van der Waals surface area contributed by atoms with Crippen LogP contribution in [-0.2, 0) is 4.79 Å². The Hall–Kier alpha value is -0.545. The van der Waals surface area contributed by atoms with Crippen molar-refractivity contribution >= 4 is 14.0 Å². The molecule has 0 amide bonds. The van der Waals surface area contributed by atoms with Crippen molar-refractivity contribution in [3.63, 3.8) is 0 Å². The van der Waals surface area contributed by atoms with Gasteiger partial charge in [0.1, 0.15) is 0 Å². The maximum Gasteiger partial charge on any atom is 0.346 e. The number of carboxylic acids is 1. The second kappa shape index (κ2) is 2.60. The summed E-state index contributed by atoms with van der Waals surface area (Å²) < 4.78 is 0. The lowest BCUT2D eigenvalue weighted by Crippen LogP contribution is -2.34. The molecule has 0 aliphatic carbocycles. The van der Waals surface area contributed by atoms with Crippen LogP contribution in [0.15, 0.2) is 0 Å². The number of rotatable bonds is 2. The van der Waals surface area contributed by atoms with Crippen LogP contribution in [0.4, 0.5) is 0 Å². The quantitative estimate of drug-likeness (QED) is 0.279. The highest BCUT2D eigenvalue weighted by Crippen LogP contribution is 1.68. The van der Waals surface area contributed by atoms with Crippen molar-refractivity contribution in [2.75, 3.05) is 0 Å². The predicted octanol–water partition coefficient (Wildman–Crippen LogP) is -1.94. The minimum absolute atomic E-state index is 1.39. The zero-order chi connectivity index (χ0) is 5.86. The van der Waals surface area contributed by atoms with E-state index in [0.717, 1.165) is 0 Å². The zero-order valence-corrected chi connectivity index (χ0v) is 3.46. The van der Waals surface area contributed by atoms with Crippen molar-refractivity contribution in [1.29, 1.82) is 0 Å². The molecule has 0 aliphatic rings. The maximum atomic E-state index is 9.54. The first-order chi connectivity index (χ1) is 3.18. The van der Waals surface area contributed by atoms with Gasteiger partial charge in [-0.05, 0) is 0 Å². The van der Waals surface area contributed by atoms with E-state index in [9.17, 15) is 4.79 Å². The smallest absolute Gasteiger partial charge is 0.346 e. The monoisotopic (exact) mass is 101 g/mol. The normalized spacial score (nSPS) is 13.3. The van der Waals surface area contributed by atoms with E-state index in [1.54, 1.807) is 5.23 Å². The Morgan fingerprint density at radius 3 is 2.29 bits per heavy atom. The lowest BCUT2D eigenvalue weighted by Gasteiger charge is -1.99. The summed E-state index contributed by atoms with van der Waals surface area (Å²) in [5, 5.41) is 17.5. The Morgan fingerprint density at radius 1 is 1.86 bits per heavy atom. The minimum atomic E-state index is -1.65. The van der Waals surface area contributed by atoms with Crippen molar-refractivity contribution in [3.8, 4) is 0 Å². The molecular weight excluding hydrogens is 96.8 g/mol. The first-order valence-corrected chi connectivity index (χ1v) is 1.55. The van der Waals surface area contributed by atoms with Gasteiger partial charge < -0.3 is 15.4 Å². The molecule has 0 bridgehead atoms. The van der Waals surface area contributed by atoms with Crippen molar-refractivity contribution in [1.82, 2.24) is 5.23 Å². The molecule has 5 heteroatoms. The second-order valence-electron chi connectivity index (χ2n) is 0.907. The van der Waals surface area contributed by atoms with Crippen molar-refractivity contribution in [2.24, 2.45) is 0 Å². The molecule has 38 valence electrons. The van der Waals surface area contributed by atoms with Gasteiger partial charge in [-0.1, -0.05) is 0 Å². The Bertz CT molecular complexity index is 75.3. The third kappa shape index (κ3) is 2.19. The number of aliphatic carboxylic acids is 1. The molecule has 0 aromatic heterocycles. The Balaban J connectivity index is 3.34. The molecule has 4 nitrogen and oxygen atoms in total. The average Bonchev–Trinajstić information content (AvgIpc) is 1.65. The third-order valence-corrected chi connectivity index (χ3v) is 0.392. The van der Waals surface area contributed by atoms with E-state index in [0.29, 0.717) is 0 Å². The number of aliphatic hydroxyl groups excluding tert-OH is 1. The maximum absolute atomic E-state index is 9.54. The van der Waals surface area contributed by atoms with Gasteiger partial charge in [0.2, 0.25) is 0 Å². The van der Waals surface area contributed by atoms with Crippen LogP contribution in [-0.4, -0.2) is 30.4 Å². The summed E-state index contributed by atoms with van der Waals surface area (Å²) in [6.45, 7) is 0. The summed E-state index contributed by atoms with van der Waals surface area (Å²) >= 11 is 0. The molecule has 0 fully saturated rings. The largest absolute Gasteiger partial charge is 0.478 e. The molecule has 1 unspecified atom stereocenters. The van der Waals surface area contributed by atoms with Crippen LogP contribution in [0.2, 0.25) is 0 Å². The van der Waals surface area contributed by atoms with Gasteiger partial charge in [0, 0.05) is 0 Å². The van der Waals surface area contributed by atoms with Gasteiger partial charge in [0.25, 0.3) is 0 Å². The van der Waals surface area contributed by atoms with Gasteiger partial charge in [0.05, 0.1) is 0 Å². The summed E-state index contributed by atoms with van der Waals surface area (Å²) in [5.41, 5.74) is 0. The predicted molar refractivity (Wildman–Crippen MR) is 22.5 cm³/mol. The number of aliphatic hydroxyl groups is 1. The van der Waals surface area contributed by atoms with Crippen LogP contribution in [0.25, 0.3) is 0 Å². The summed E-state index contributed by atoms with van der Waals surface area (Å²) in [7, 11) is 4.49. The SMILES string of the molecule is [B]NC(O)C(=O)O. The number of carbonyl (C=O) groups is 1. The minimum Gasteiger partial charge on any atom is -0.478 e. The number of hydrogen-bond acceptors (Lipinski definition) is 3. The van der Waals surface area contributed by atoms with E-state index < -0.39 is 12.2 Å². The highest BCUT2D eigenvalue weighted by atomic mass is 16.4. The molecule has 0 heterocycles. The average molecular weight is 101 g/mol. The highest BCUT2D eigenvalue weighted by Gasteiger charge is 2.06. The molecule has 0 aromatic rings. The topological polar surface area (TPSA) is 69.6 Å². The lowest BCUT2D eigenvalue weighted by atomic mass is 10.4. The van der Waals surface area contributed by atoms with Crippen LogP contribution in [0.3, 0.4) is 0 Å². The zero-order valence-electron chi connectivity index (χ0n) is 3.46. The van der Waals surface area contributed by atoms with Crippen molar-refractivity contribution < 1.29 is 15.0 Å². The van der Waals surface area contributed by atoms with Crippen LogP contribution in [0.5, 0.6) is 0 Å². The Labute approximate surface area is 41.6 Å². The van der Waals surface area contributed by atoms with Gasteiger partial charge in [-0.15, -0.1) is 0 Å². The molecule has 0 saturated heterocycles. The van der Waals surface area contributed by atoms with E-state index in [1.165, 1.54) is 0 Å². The van der Waals surface area contributed by atoms with Gasteiger partial charge in [-0.25, -0.2) is 4.79 Å². The number of nitrogens with one attached hydrogen (secondary N) is 1. The third-order valence-electron chi connectivity index (χ3n) is 0.392. The second-order valence-corrected chi connectivity index (χ2v) is 0.907.